The van der Waals surface area contributed by atoms with Crippen LogP contribution >= 0.6 is 23.2 Å². The minimum atomic E-state index is -4.08. The zero-order valence-electron chi connectivity index (χ0n) is 17.6. The molecule has 0 aromatic heterocycles. The summed E-state index contributed by atoms with van der Waals surface area (Å²) in [5, 5.41) is 12.4. The van der Waals surface area contributed by atoms with E-state index in [2.05, 4.69) is 10.0 Å². The van der Waals surface area contributed by atoms with Crippen LogP contribution in [0.5, 0.6) is 5.75 Å². The molecule has 0 aliphatic carbocycles. The second-order valence-electron chi connectivity index (χ2n) is 7.15. The van der Waals surface area contributed by atoms with Gasteiger partial charge in [-0.15, -0.1) is 0 Å². The monoisotopic (exact) mass is 522 g/mol. The predicted octanol–water partition coefficient (Wildman–Crippen LogP) is 3.99. The second-order valence-corrected chi connectivity index (χ2v) is 9.74. The van der Waals surface area contributed by atoms with Crippen LogP contribution in [0.2, 0.25) is 10.0 Å². The maximum atomic E-state index is 13.0. The number of anilines is 1. The normalized spacial score (nSPS) is 12.1. The lowest BCUT2D eigenvalue weighted by Crippen LogP contribution is -2.47. The molecule has 0 radical (unpaired) electrons. The molecular weight excluding hydrogens is 503 g/mol. The van der Waals surface area contributed by atoms with Crippen LogP contribution in [0.3, 0.4) is 0 Å². The van der Waals surface area contributed by atoms with E-state index in [-0.39, 0.29) is 17.9 Å². The number of sulfonamides is 1. The number of carbonyl (C=O) groups excluding carboxylic acids is 1. The van der Waals surface area contributed by atoms with Gasteiger partial charge in [0.25, 0.3) is 0 Å². The van der Waals surface area contributed by atoms with Crippen LogP contribution in [-0.2, 0) is 26.0 Å². The van der Waals surface area contributed by atoms with Crippen LogP contribution in [0, 0.1) is 0 Å². The molecule has 34 heavy (non-hydrogen) atoms. The molecule has 3 aromatic rings. The van der Waals surface area contributed by atoms with Crippen LogP contribution in [0.25, 0.3) is 0 Å². The molecule has 0 unspecified atom stereocenters. The van der Waals surface area contributed by atoms with Crippen LogP contribution in [0.1, 0.15) is 5.56 Å². The van der Waals surface area contributed by atoms with E-state index in [0.717, 1.165) is 0 Å². The van der Waals surface area contributed by atoms with Crippen molar-refractivity contribution in [1.29, 1.82) is 0 Å². The Morgan fingerprint density at radius 2 is 1.44 bits per heavy atom. The molecule has 3 N–H and O–H groups in total. The average molecular weight is 523 g/mol. The molecule has 0 heterocycles. The van der Waals surface area contributed by atoms with Gasteiger partial charge in [0.05, 0.1) is 11.3 Å². The van der Waals surface area contributed by atoms with Crippen molar-refractivity contribution in [2.75, 3.05) is 11.9 Å². The highest BCUT2D eigenvalue weighted by Gasteiger charge is 2.27. The fourth-order valence-corrected chi connectivity index (χ4v) is 4.28. The standard InChI is InChI=1S/C23H20Cl2N2O6S/c24-16-3-9-19(10-4-16)33-14-21(27-34(31,32)20-11-5-17(25)6-12-20)23(30)26-18-7-1-15(2-8-18)13-22(28)29/h1-12,21,27H,13-14H2,(H,26,30)(H,28,29)/t21-/m0/s1. The first-order valence-electron chi connectivity index (χ1n) is 9.90. The number of carbonyl (C=O) groups is 2. The SMILES string of the molecule is O=C(O)Cc1ccc(NC(=O)[C@H](COc2ccc(Cl)cc2)NS(=O)(=O)c2ccc(Cl)cc2)cc1. The van der Waals surface area contributed by atoms with Gasteiger partial charge in [-0.1, -0.05) is 35.3 Å². The summed E-state index contributed by atoms with van der Waals surface area (Å²) in [6.45, 7) is -0.308. The molecule has 11 heteroatoms. The fraction of sp³-hybridized carbons (Fsp3) is 0.130. The van der Waals surface area contributed by atoms with Gasteiger partial charge in [0.2, 0.25) is 15.9 Å². The maximum Gasteiger partial charge on any atom is 0.307 e. The highest BCUT2D eigenvalue weighted by molar-refractivity contribution is 7.89. The van der Waals surface area contributed by atoms with Crippen LogP contribution in [-0.4, -0.2) is 38.0 Å². The molecule has 0 saturated heterocycles. The van der Waals surface area contributed by atoms with E-state index in [1.807, 2.05) is 0 Å². The Kier molecular flexibility index (Phi) is 8.51. The lowest BCUT2D eigenvalue weighted by Gasteiger charge is -2.19. The van der Waals surface area contributed by atoms with Gasteiger partial charge in [0, 0.05) is 15.7 Å². The van der Waals surface area contributed by atoms with Crippen molar-refractivity contribution in [3.8, 4) is 5.75 Å². The molecule has 0 aliphatic heterocycles. The number of aliphatic carboxylic acids is 1. The number of halogens is 2. The van der Waals surface area contributed by atoms with Crippen molar-refractivity contribution >= 4 is 50.8 Å². The summed E-state index contributed by atoms with van der Waals surface area (Å²) in [4.78, 5) is 23.7. The highest BCUT2D eigenvalue weighted by Crippen LogP contribution is 2.18. The zero-order chi connectivity index (χ0) is 24.7. The Morgan fingerprint density at radius 1 is 0.882 bits per heavy atom. The van der Waals surface area contributed by atoms with Gasteiger partial charge in [0.1, 0.15) is 18.4 Å². The van der Waals surface area contributed by atoms with E-state index in [4.69, 9.17) is 33.0 Å². The number of hydrogen-bond acceptors (Lipinski definition) is 5. The molecule has 178 valence electrons. The summed E-state index contributed by atoms with van der Waals surface area (Å²) < 4.78 is 33.7. The van der Waals surface area contributed by atoms with Gasteiger partial charge in [-0.2, -0.15) is 4.72 Å². The Labute approximate surface area is 206 Å². The first-order chi connectivity index (χ1) is 16.1. The Hall–Kier alpha value is -3.11. The van der Waals surface area contributed by atoms with Crippen LogP contribution in [0.4, 0.5) is 5.69 Å². The number of amides is 1. The minimum absolute atomic E-state index is 0.0702. The molecule has 0 bridgehead atoms. The number of carboxylic acid groups (broad SMARTS) is 1. The fourth-order valence-electron chi connectivity index (χ4n) is 2.85. The summed E-state index contributed by atoms with van der Waals surface area (Å²) in [6.07, 6.45) is -0.160. The topological polar surface area (TPSA) is 122 Å². The molecule has 0 spiro atoms. The number of ether oxygens (including phenoxy) is 1. The molecule has 3 rings (SSSR count). The molecule has 0 fully saturated rings. The van der Waals surface area contributed by atoms with Crippen molar-refractivity contribution < 1.29 is 27.9 Å². The van der Waals surface area contributed by atoms with Crippen molar-refractivity contribution in [3.05, 3.63) is 88.4 Å². The van der Waals surface area contributed by atoms with Gasteiger partial charge < -0.3 is 15.2 Å². The number of nitrogens with one attached hydrogen (secondary N) is 2. The van der Waals surface area contributed by atoms with Gasteiger partial charge in [-0.05, 0) is 66.2 Å². The predicted molar refractivity (Wildman–Crippen MR) is 129 cm³/mol. The summed E-state index contributed by atoms with van der Waals surface area (Å²) in [5.74, 6) is -1.25. The van der Waals surface area contributed by atoms with Crippen molar-refractivity contribution in [1.82, 2.24) is 4.72 Å². The second kappa shape index (κ2) is 11.3. The number of benzene rings is 3. The van der Waals surface area contributed by atoms with Gasteiger partial charge >= 0.3 is 5.97 Å². The average Bonchev–Trinajstić information content (AvgIpc) is 2.79. The van der Waals surface area contributed by atoms with Crippen LogP contribution < -0.4 is 14.8 Å². The Morgan fingerprint density at radius 3 is 2.00 bits per heavy atom. The number of carboxylic acids is 1. The van der Waals surface area contributed by atoms with Gasteiger partial charge in [0.15, 0.2) is 0 Å². The largest absolute Gasteiger partial charge is 0.491 e. The van der Waals surface area contributed by atoms with E-state index in [9.17, 15) is 18.0 Å². The summed E-state index contributed by atoms with van der Waals surface area (Å²) in [6, 6.07) is 16.7. The van der Waals surface area contributed by atoms with E-state index >= 15 is 0 Å². The first kappa shape index (κ1) is 25.5. The van der Waals surface area contributed by atoms with Crippen molar-refractivity contribution in [3.63, 3.8) is 0 Å². The smallest absolute Gasteiger partial charge is 0.307 e. The zero-order valence-corrected chi connectivity index (χ0v) is 19.9. The minimum Gasteiger partial charge on any atom is -0.491 e. The maximum absolute atomic E-state index is 13.0. The third-order valence-corrected chi connectivity index (χ3v) is 6.54. The lowest BCUT2D eigenvalue weighted by molar-refractivity contribution is -0.136. The van der Waals surface area contributed by atoms with E-state index in [1.165, 1.54) is 36.4 Å². The van der Waals surface area contributed by atoms with Crippen LogP contribution in [0.15, 0.2) is 77.7 Å². The summed E-state index contributed by atoms with van der Waals surface area (Å²) in [7, 11) is -4.08. The quantitative estimate of drug-likeness (QED) is 0.370. The molecule has 3 aromatic carbocycles. The molecular formula is C23H20Cl2N2O6S. The van der Waals surface area contributed by atoms with Gasteiger partial charge in [-0.25, -0.2) is 8.42 Å². The molecule has 0 saturated carbocycles. The van der Waals surface area contributed by atoms with Crippen molar-refractivity contribution in [2.24, 2.45) is 0 Å². The van der Waals surface area contributed by atoms with Crippen molar-refractivity contribution in [2.45, 2.75) is 17.4 Å². The Balaban J connectivity index is 1.78. The third kappa shape index (κ3) is 7.46. The first-order valence-corrected chi connectivity index (χ1v) is 12.1. The number of hydrogen-bond donors (Lipinski definition) is 3. The summed E-state index contributed by atoms with van der Waals surface area (Å²) in [5.41, 5.74) is 0.915. The third-order valence-electron chi connectivity index (χ3n) is 4.54. The lowest BCUT2D eigenvalue weighted by atomic mass is 10.1. The summed E-state index contributed by atoms with van der Waals surface area (Å²) >= 11 is 11.7. The highest BCUT2D eigenvalue weighted by atomic mass is 35.5. The van der Waals surface area contributed by atoms with Gasteiger partial charge in [-0.3, -0.25) is 9.59 Å². The van der Waals surface area contributed by atoms with E-state index in [1.54, 1.807) is 36.4 Å². The Bertz CT molecular complexity index is 1250. The molecule has 1 amide bonds. The van der Waals surface area contributed by atoms with E-state index in [0.29, 0.717) is 27.0 Å². The number of rotatable bonds is 10. The molecule has 0 aliphatic rings. The molecule has 1 atom stereocenters. The molecule has 8 nitrogen and oxygen atoms in total. The van der Waals surface area contributed by atoms with E-state index < -0.39 is 27.9 Å².